The highest BCUT2D eigenvalue weighted by Crippen LogP contribution is 2.34. The molecule has 1 aromatic heterocycles. The fourth-order valence-corrected chi connectivity index (χ4v) is 3.89. The Balaban J connectivity index is 1.70. The van der Waals surface area contributed by atoms with Crippen molar-refractivity contribution >= 4 is 34.6 Å². The number of aromatic nitrogens is 1. The Morgan fingerprint density at radius 3 is 2.73 bits per heavy atom. The Labute approximate surface area is 162 Å². The minimum atomic E-state index is -0.279. The molecule has 1 atom stereocenters. The molecule has 3 aromatic rings. The van der Waals surface area contributed by atoms with Crippen molar-refractivity contribution in [2.24, 2.45) is 0 Å². The van der Waals surface area contributed by atoms with Crippen LogP contribution in [0.15, 0.2) is 66.9 Å². The average molecular weight is 386 g/mol. The highest BCUT2D eigenvalue weighted by molar-refractivity contribution is 7.80. The van der Waals surface area contributed by atoms with Gasteiger partial charge >= 0.3 is 0 Å². The van der Waals surface area contributed by atoms with Crippen LogP contribution in [0.1, 0.15) is 17.3 Å². The van der Waals surface area contributed by atoms with E-state index < -0.39 is 0 Å². The first-order valence-corrected chi connectivity index (χ1v) is 9.15. The average Bonchev–Trinajstić information content (AvgIpc) is 3.10. The van der Waals surface area contributed by atoms with Crippen LogP contribution in [-0.2, 0) is 6.54 Å². The number of hydrogen-bond acceptors (Lipinski definition) is 1. The van der Waals surface area contributed by atoms with Crippen molar-refractivity contribution in [2.75, 3.05) is 11.9 Å². The van der Waals surface area contributed by atoms with E-state index in [-0.39, 0.29) is 11.9 Å². The lowest BCUT2D eigenvalue weighted by Crippen LogP contribution is -2.44. The number of fused-ring (bicyclic) bond motifs is 1. The Morgan fingerprint density at radius 2 is 1.92 bits per heavy atom. The first kappa shape index (κ1) is 17.1. The van der Waals surface area contributed by atoms with Gasteiger partial charge in [0.1, 0.15) is 5.82 Å². The van der Waals surface area contributed by atoms with Crippen LogP contribution in [0, 0.1) is 5.82 Å². The quantitative estimate of drug-likeness (QED) is 0.621. The SMILES string of the molecule is Fc1ccccc1[C@@H]1c2cccn2CCN1C(=S)Nc1cccc(Cl)c1. The van der Waals surface area contributed by atoms with Crippen LogP contribution in [0.4, 0.5) is 10.1 Å². The predicted octanol–water partition coefficient (Wildman–Crippen LogP) is 5.08. The van der Waals surface area contributed by atoms with Crippen LogP contribution in [0.3, 0.4) is 0 Å². The van der Waals surface area contributed by atoms with Crippen molar-refractivity contribution in [1.29, 1.82) is 0 Å². The molecule has 4 rings (SSSR count). The van der Waals surface area contributed by atoms with Gasteiger partial charge in [-0.25, -0.2) is 4.39 Å². The van der Waals surface area contributed by atoms with Gasteiger partial charge in [0.2, 0.25) is 0 Å². The van der Waals surface area contributed by atoms with Gasteiger partial charge in [-0.2, -0.15) is 0 Å². The lowest BCUT2D eigenvalue weighted by molar-refractivity contribution is 0.288. The monoisotopic (exact) mass is 385 g/mol. The lowest BCUT2D eigenvalue weighted by Gasteiger charge is -2.39. The van der Waals surface area contributed by atoms with Crippen molar-refractivity contribution in [3.05, 3.63) is 89.0 Å². The van der Waals surface area contributed by atoms with Gasteiger partial charge in [-0.1, -0.05) is 35.9 Å². The summed E-state index contributed by atoms with van der Waals surface area (Å²) in [6.45, 7) is 1.48. The second-order valence-electron chi connectivity index (χ2n) is 6.18. The molecule has 132 valence electrons. The summed E-state index contributed by atoms with van der Waals surface area (Å²) >= 11 is 11.7. The molecule has 0 saturated heterocycles. The zero-order valence-electron chi connectivity index (χ0n) is 13.9. The van der Waals surface area contributed by atoms with E-state index in [4.69, 9.17) is 23.8 Å². The van der Waals surface area contributed by atoms with Crippen LogP contribution in [-0.4, -0.2) is 21.1 Å². The number of nitrogens with one attached hydrogen (secondary N) is 1. The summed E-state index contributed by atoms with van der Waals surface area (Å²) in [7, 11) is 0. The van der Waals surface area contributed by atoms with E-state index in [0.717, 1.165) is 17.9 Å². The normalized spacial score (nSPS) is 16.2. The fraction of sp³-hybridized carbons (Fsp3) is 0.150. The zero-order valence-corrected chi connectivity index (χ0v) is 15.5. The van der Waals surface area contributed by atoms with Gasteiger partial charge in [0, 0.05) is 41.3 Å². The van der Waals surface area contributed by atoms with Crippen molar-refractivity contribution in [2.45, 2.75) is 12.6 Å². The van der Waals surface area contributed by atoms with Crippen LogP contribution < -0.4 is 5.32 Å². The highest BCUT2D eigenvalue weighted by atomic mass is 35.5. The maximum Gasteiger partial charge on any atom is 0.174 e. The molecule has 3 nitrogen and oxygen atoms in total. The van der Waals surface area contributed by atoms with Crippen molar-refractivity contribution in [3.63, 3.8) is 0 Å². The molecule has 0 unspecified atom stereocenters. The van der Waals surface area contributed by atoms with E-state index in [1.165, 1.54) is 6.07 Å². The molecule has 2 heterocycles. The van der Waals surface area contributed by atoms with E-state index in [2.05, 4.69) is 9.88 Å². The number of hydrogen-bond donors (Lipinski definition) is 1. The van der Waals surface area contributed by atoms with Gasteiger partial charge in [0.15, 0.2) is 5.11 Å². The molecule has 0 aliphatic carbocycles. The summed E-state index contributed by atoms with van der Waals surface area (Å²) in [6, 6.07) is 18.0. The van der Waals surface area contributed by atoms with Gasteiger partial charge in [-0.3, -0.25) is 0 Å². The molecular weight excluding hydrogens is 369 g/mol. The number of halogens is 2. The Kier molecular flexibility index (Phi) is 4.66. The third kappa shape index (κ3) is 3.20. The molecule has 0 spiro atoms. The molecule has 2 aromatic carbocycles. The maximum absolute atomic E-state index is 14.6. The van der Waals surface area contributed by atoms with Crippen LogP contribution in [0.2, 0.25) is 5.02 Å². The molecule has 0 amide bonds. The molecule has 0 saturated carbocycles. The molecule has 1 aliphatic rings. The van der Waals surface area contributed by atoms with Gasteiger partial charge in [0.05, 0.1) is 6.04 Å². The molecule has 1 aliphatic heterocycles. The van der Waals surface area contributed by atoms with Crippen LogP contribution >= 0.6 is 23.8 Å². The van der Waals surface area contributed by atoms with Gasteiger partial charge < -0.3 is 14.8 Å². The predicted molar refractivity (Wildman–Crippen MR) is 107 cm³/mol. The first-order chi connectivity index (χ1) is 12.6. The smallest absolute Gasteiger partial charge is 0.174 e. The number of benzene rings is 2. The largest absolute Gasteiger partial charge is 0.348 e. The fourth-order valence-electron chi connectivity index (χ4n) is 3.39. The second-order valence-corrected chi connectivity index (χ2v) is 7.01. The van der Waals surface area contributed by atoms with Gasteiger partial charge in [-0.15, -0.1) is 0 Å². The Morgan fingerprint density at radius 1 is 1.08 bits per heavy atom. The summed E-state index contributed by atoms with van der Waals surface area (Å²) in [5, 5.41) is 4.42. The van der Waals surface area contributed by atoms with E-state index >= 15 is 0 Å². The summed E-state index contributed by atoms with van der Waals surface area (Å²) in [6.07, 6.45) is 2.02. The third-order valence-electron chi connectivity index (χ3n) is 4.57. The molecule has 1 N–H and O–H groups in total. The first-order valence-electron chi connectivity index (χ1n) is 8.36. The summed E-state index contributed by atoms with van der Waals surface area (Å²) < 4.78 is 16.7. The number of rotatable bonds is 2. The summed E-state index contributed by atoms with van der Waals surface area (Å²) in [4.78, 5) is 2.03. The van der Waals surface area contributed by atoms with Gasteiger partial charge in [0.25, 0.3) is 0 Å². The molecular formula is C20H17ClFN3S. The number of thiocarbonyl (C=S) groups is 1. The summed E-state index contributed by atoms with van der Waals surface area (Å²) in [5.74, 6) is -0.234. The summed E-state index contributed by atoms with van der Waals surface area (Å²) in [5.41, 5.74) is 2.45. The van der Waals surface area contributed by atoms with Crippen LogP contribution in [0.5, 0.6) is 0 Å². The minimum Gasteiger partial charge on any atom is -0.348 e. The standard InChI is InChI=1S/C20H17ClFN3S/c21-14-5-3-6-15(13-14)23-20(26)25-12-11-24-10-4-9-18(24)19(25)16-7-1-2-8-17(16)22/h1-10,13,19H,11-12H2,(H,23,26)/t19-/m1/s1. The van der Waals surface area contributed by atoms with E-state index in [1.807, 2.05) is 59.6 Å². The van der Waals surface area contributed by atoms with E-state index in [9.17, 15) is 4.39 Å². The topological polar surface area (TPSA) is 20.2 Å². The number of anilines is 1. The Hall–Kier alpha value is -2.37. The Bertz CT molecular complexity index is 955. The highest BCUT2D eigenvalue weighted by Gasteiger charge is 2.32. The zero-order chi connectivity index (χ0) is 18.1. The van der Waals surface area contributed by atoms with Crippen molar-refractivity contribution in [1.82, 2.24) is 9.47 Å². The third-order valence-corrected chi connectivity index (χ3v) is 5.15. The number of nitrogens with zero attached hydrogens (tertiary/aromatic N) is 2. The maximum atomic E-state index is 14.6. The van der Waals surface area contributed by atoms with Crippen molar-refractivity contribution in [3.8, 4) is 0 Å². The van der Waals surface area contributed by atoms with Crippen LogP contribution in [0.25, 0.3) is 0 Å². The lowest BCUT2D eigenvalue weighted by atomic mass is 10.00. The molecule has 26 heavy (non-hydrogen) atoms. The van der Waals surface area contributed by atoms with E-state index in [0.29, 0.717) is 22.2 Å². The molecule has 0 fully saturated rings. The molecule has 0 radical (unpaired) electrons. The van der Waals surface area contributed by atoms with E-state index in [1.54, 1.807) is 6.07 Å². The van der Waals surface area contributed by atoms with Gasteiger partial charge in [-0.05, 0) is 48.6 Å². The van der Waals surface area contributed by atoms with Crippen molar-refractivity contribution < 1.29 is 4.39 Å². The second kappa shape index (κ2) is 7.09. The minimum absolute atomic E-state index is 0.234. The molecule has 0 bridgehead atoms. The molecule has 6 heteroatoms.